The minimum Gasteiger partial charge on any atom is -0.314 e. The molecular weight excluding hydrogens is 242 g/mol. The topological polar surface area (TPSA) is 37.0 Å². The van der Waals surface area contributed by atoms with Crippen LogP contribution in [0.1, 0.15) is 37.1 Å². The summed E-state index contributed by atoms with van der Waals surface area (Å²) in [6.07, 6.45) is 9.91. The first-order valence-corrected chi connectivity index (χ1v) is 8.16. The van der Waals surface area contributed by atoms with E-state index in [9.17, 15) is 0 Å². The summed E-state index contributed by atoms with van der Waals surface area (Å²) in [7, 11) is 0. The molecule has 1 aliphatic carbocycles. The number of aromatic nitrogens is 1. The molecule has 18 heavy (non-hydrogen) atoms. The second-order valence-corrected chi connectivity index (χ2v) is 6.51. The quantitative estimate of drug-likeness (QED) is 0.857. The smallest absolute Gasteiger partial charge is 0.0937 e. The van der Waals surface area contributed by atoms with Crippen LogP contribution in [0.25, 0.3) is 0 Å². The first kappa shape index (κ1) is 12.6. The predicted molar refractivity (Wildman–Crippen MR) is 76.0 cm³/mol. The molecule has 0 bridgehead atoms. The summed E-state index contributed by atoms with van der Waals surface area (Å²) < 4.78 is 0. The molecule has 3 rings (SSSR count). The van der Waals surface area contributed by atoms with E-state index in [4.69, 9.17) is 0 Å². The molecule has 2 aliphatic rings. The molecule has 1 saturated carbocycles. The molecule has 4 heteroatoms. The highest BCUT2D eigenvalue weighted by molar-refractivity contribution is 7.09. The van der Waals surface area contributed by atoms with E-state index in [0.29, 0.717) is 0 Å². The van der Waals surface area contributed by atoms with Crippen LogP contribution in [0, 0.1) is 5.92 Å². The van der Waals surface area contributed by atoms with Gasteiger partial charge in [0.2, 0.25) is 0 Å². The van der Waals surface area contributed by atoms with Crippen molar-refractivity contribution in [2.24, 2.45) is 5.92 Å². The van der Waals surface area contributed by atoms with E-state index in [1.807, 2.05) is 6.20 Å². The monoisotopic (exact) mass is 265 g/mol. The van der Waals surface area contributed by atoms with E-state index >= 15 is 0 Å². The van der Waals surface area contributed by atoms with Crippen LogP contribution in [0.2, 0.25) is 0 Å². The summed E-state index contributed by atoms with van der Waals surface area (Å²) in [6, 6.07) is 1.52. The molecule has 1 aromatic heterocycles. The maximum absolute atomic E-state index is 4.34. The predicted octanol–water partition coefficient (Wildman–Crippen LogP) is 2.20. The summed E-state index contributed by atoms with van der Waals surface area (Å²) in [6.45, 7) is 2.31. The Labute approximate surface area is 113 Å². The molecule has 3 atom stereocenters. The highest BCUT2D eigenvalue weighted by Crippen LogP contribution is 2.31. The van der Waals surface area contributed by atoms with Gasteiger partial charge < -0.3 is 10.6 Å². The van der Waals surface area contributed by atoms with Gasteiger partial charge in [0, 0.05) is 36.6 Å². The number of hydrogen-bond acceptors (Lipinski definition) is 4. The normalized spacial score (nSPS) is 32.1. The van der Waals surface area contributed by atoms with Crippen molar-refractivity contribution in [1.82, 2.24) is 15.6 Å². The van der Waals surface area contributed by atoms with Gasteiger partial charge in [-0.1, -0.05) is 6.42 Å². The van der Waals surface area contributed by atoms with Gasteiger partial charge >= 0.3 is 0 Å². The van der Waals surface area contributed by atoms with E-state index < -0.39 is 0 Å². The Balaban J connectivity index is 1.46. The van der Waals surface area contributed by atoms with Crippen molar-refractivity contribution in [1.29, 1.82) is 0 Å². The van der Waals surface area contributed by atoms with Gasteiger partial charge in [-0.25, -0.2) is 4.98 Å². The fraction of sp³-hybridized carbons (Fsp3) is 0.786. The lowest BCUT2D eigenvalue weighted by Gasteiger charge is -2.26. The first-order chi connectivity index (χ1) is 8.93. The number of rotatable bonds is 5. The van der Waals surface area contributed by atoms with Gasteiger partial charge in [-0.05, 0) is 38.1 Å². The lowest BCUT2D eigenvalue weighted by molar-refractivity contribution is 0.322. The third-order valence-corrected chi connectivity index (χ3v) is 5.25. The van der Waals surface area contributed by atoms with Crippen molar-refractivity contribution in [3.63, 3.8) is 0 Å². The summed E-state index contributed by atoms with van der Waals surface area (Å²) in [4.78, 5) is 4.34. The van der Waals surface area contributed by atoms with Crippen molar-refractivity contribution in [3.05, 3.63) is 16.6 Å². The molecule has 3 nitrogen and oxygen atoms in total. The number of nitrogens with zero attached hydrogens (tertiary/aromatic N) is 1. The fourth-order valence-corrected chi connectivity index (χ4v) is 4.16. The molecule has 100 valence electrons. The van der Waals surface area contributed by atoms with Gasteiger partial charge in [-0.15, -0.1) is 11.3 Å². The second kappa shape index (κ2) is 6.13. The van der Waals surface area contributed by atoms with Gasteiger partial charge in [0.15, 0.2) is 0 Å². The van der Waals surface area contributed by atoms with Gasteiger partial charge in [-0.2, -0.15) is 0 Å². The highest BCUT2D eigenvalue weighted by atomic mass is 32.1. The minimum absolute atomic E-state index is 0.737. The van der Waals surface area contributed by atoms with Gasteiger partial charge in [0.25, 0.3) is 0 Å². The SMILES string of the molecule is c1csc(CCNC2CCCC2C2CCCN2)n1. The maximum Gasteiger partial charge on any atom is 0.0937 e. The Bertz CT molecular complexity index is 346. The molecule has 2 fully saturated rings. The van der Waals surface area contributed by atoms with Gasteiger partial charge in [0.05, 0.1) is 5.01 Å². The number of nitrogens with one attached hydrogen (secondary N) is 2. The lowest BCUT2D eigenvalue weighted by atomic mass is 9.93. The van der Waals surface area contributed by atoms with E-state index in [0.717, 1.165) is 31.0 Å². The molecular formula is C14H23N3S. The Kier molecular flexibility index (Phi) is 4.28. The van der Waals surface area contributed by atoms with E-state index in [-0.39, 0.29) is 0 Å². The van der Waals surface area contributed by atoms with Crippen LogP contribution in [0.15, 0.2) is 11.6 Å². The fourth-order valence-electron chi connectivity index (χ4n) is 3.54. The van der Waals surface area contributed by atoms with Crippen molar-refractivity contribution in [2.45, 2.75) is 50.6 Å². The first-order valence-electron chi connectivity index (χ1n) is 7.28. The summed E-state index contributed by atoms with van der Waals surface area (Å²) in [5, 5.41) is 10.8. The van der Waals surface area contributed by atoms with Crippen molar-refractivity contribution >= 4 is 11.3 Å². The summed E-state index contributed by atoms with van der Waals surface area (Å²) in [5.41, 5.74) is 0. The lowest BCUT2D eigenvalue weighted by Crippen LogP contribution is -2.42. The Hall–Kier alpha value is -0.450. The summed E-state index contributed by atoms with van der Waals surface area (Å²) in [5.74, 6) is 0.865. The van der Waals surface area contributed by atoms with Gasteiger partial charge in [0.1, 0.15) is 0 Å². The summed E-state index contributed by atoms with van der Waals surface area (Å²) >= 11 is 1.77. The minimum atomic E-state index is 0.737. The Morgan fingerprint density at radius 3 is 3.11 bits per heavy atom. The second-order valence-electron chi connectivity index (χ2n) is 5.53. The van der Waals surface area contributed by atoms with Gasteiger partial charge in [-0.3, -0.25) is 0 Å². The van der Waals surface area contributed by atoms with Crippen molar-refractivity contribution in [3.8, 4) is 0 Å². The molecule has 0 spiro atoms. The van der Waals surface area contributed by atoms with E-state index in [1.54, 1.807) is 11.3 Å². The van der Waals surface area contributed by atoms with E-state index in [2.05, 4.69) is 21.0 Å². The van der Waals surface area contributed by atoms with Crippen LogP contribution in [0.4, 0.5) is 0 Å². The molecule has 0 amide bonds. The maximum atomic E-state index is 4.34. The zero-order valence-corrected chi connectivity index (χ0v) is 11.7. The molecule has 1 aliphatic heterocycles. The van der Waals surface area contributed by atoms with Crippen LogP contribution in [0.5, 0.6) is 0 Å². The van der Waals surface area contributed by atoms with Crippen molar-refractivity contribution in [2.75, 3.05) is 13.1 Å². The molecule has 2 heterocycles. The highest BCUT2D eigenvalue weighted by Gasteiger charge is 2.34. The van der Waals surface area contributed by atoms with E-state index in [1.165, 1.54) is 43.7 Å². The molecule has 2 N–H and O–H groups in total. The molecule has 0 aromatic carbocycles. The van der Waals surface area contributed by atoms with Crippen LogP contribution in [-0.2, 0) is 6.42 Å². The average molecular weight is 265 g/mol. The Morgan fingerprint density at radius 1 is 1.33 bits per heavy atom. The van der Waals surface area contributed by atoms with Crippen LogP contribution < -0.4 is 10.6 Å². The number of hydrogen-bond donors (Lipinski definition) is 2. The largest absolute Gasteiger partial charge is 0.314 e. The van der Waals surface area contributed by atoms with Crippen LogP contribution >= 0.6 is 11.3 Å². The average Bonchev–Trinajstić information content (AvgIpc) is 3.12. The molecule has 3 unspecified atom stereocenters. The zero-order chi connectivity index (χ0) is 12.2. The van der Waals surface area contributed by atoms with Crippen LogP contribution in [-0.4, -0.2) is 30.2 Å². The van der Waals surface area contributed by atoms with Crippen LogP contribution in [0.3, 0.4) is 0 Å². The number of thiazole rings is 1. The molecule has 0 radical (unpaired) electrons. The third-order valence-electron chi connectivity index (χ3n) is 4.41. The Morgan fingerprint density at radius 2 is 2.33 bits per heavy atom. The standard InChI is InChI=1S/C14H23N3S/c1-3-11(13-5-2-7-15-13)12(4-1)16-8-6-14-17-9-10-18-14/h9-13,15-16H,1-8H2. The zero-order valence-electron chi connectivity index (χ0n) is 10.9. The molecule has 1 saturated heterocycles. The van der Waals surface area contributed by atoms with Crippen molar-refractivity contribution < 1.29 is 0 Å². The third kappa shape index (κ3) is 2.92. The molecule has 1 aromatic rings.